The fourth-order valence-electron chi connectivity index (χ4n) is 5.79. The van der Waals surface area contributed by atoms with Crippen molar-refractivity contribution in [1.29, 1.82) is 0 Å². The van der Waals surface area contributed by atoms with E-state index in [1.54, 1.807) is 77.5 Å². The number of fused-ring (bicyclic) bond motifs is 1. The number of aryl methyl sites for hydroxylation is 4. The monoisotopic (exact) mass is 1110 g/mol. The minimum Gasteiger partial charge on any atom is -0.478 e. The van der Waals surface area contributed by atoms with Crippen molar-refractivity contribution in [2.75, 3.05) is 61.9 Å². The van der Waals surface area contributed by atoms with Gasteiger partial charge in [-0.25, -0.2) is 9.59 Å². The van der Waals surface area contributed by atoms with Gasteiger partial charge in [-0.15, -0.1) is 0 Å². The Morgan fingerprint density at radius 1 is 0.782 bits per heavy atom. The molecule has 434 valence electrons. The van der Waals surface area contributed by atoms with Crippen molar-refractivity contribution in [3.63, 3.8) is 0 Å². The van der Waals surface area contributed by atoms with Crippen LogP contribution in [0.4, 0.5) is 32.8 Å². The number of nitrogens with zero attached hydrogens (tertiary/aromatic N) is 6. The molecular formula is C51H75FN8O18. The first-order chi connectivity index (χ1) is 35.7. The Bertz CT molecular complexity index is 2750. The predicted octanol–water partition coefficient (Wildman–Crippen LogP) is 10.3. The van der Waals surface area contributed by atoms with Crippen molar-refractivity contribution in [2.24, 2.45) is 0 Å². The Hall–Kier alpha value is -9.13. The molecule has 5 aromatic rings. The largest absolute Gasteiger partial charge is 0.478 e. The molecule has 0 bridgehead atoms. The molecule has 0 radical (unpaired) electrons. The third kappa shape index (κ3) is 29.7. The Morgan fingerprint density at radius 2 is 1.27 bits per heavy atom. The van der Waals surface area contributed by atoms with Gasteiger partial charge in [-0.3, -0.25) is 49.7 Å². The van der Waals surface area contributed by atoms with Crippen LogP contribution in [0.3, 0.4) is 0 Å². The van der Waals surface area contributed by atoms with Crippen LogP contribution in [0.2, 0.25) is 0 Å². The normalized spacial score (nSPS) is 9.33. The quantitative estimate of drug-likeness (QED) is 0.0306. The number of nitro groups is 4. The summed E-state index contributed by atoms with van der Waals surface area (Å²) in [5.41, 5.74) is 9.58. The molecule has 27 heteroatoms. The lowest BCUT2D eigenvalue weighted by atomic mass is 10.0. The molecular weight excluding hydrogens is 1030 g/mol. The number of carbonyl (C=O) groups is 2. The molecule has 5 rings (SSSR count). The van der Waals surface area contributed by atoms with Crippen LogP contribution in [-0.4, -0.2) is 126 Å². The van der Waals surface area contributed by atoms with Crippen LogP contribution in [0.25, 0.3) is 17.0 Å². The fourth-order valence-corrected chi connectivity index (χ4v) is 5.79. The van der Waals surface area contributed by atoms with Gasteiger partial charge in [-0.05, 0) is 113 Å². The van der Waals surface area contributed by atoms with Crippen molar-refractivity contribution < 1.29 is 75.0 Å². The molecule has 0 aliphatic carbocycles. The lowest BCUT2D eigenvalue weighted by Gasteiger charge is -2.19. The SMILES string of the molecule is C.C.C.CCOC(=O)c1cc(C)c([N+](=O)[O-])cc1[N+](=O)[O-].CCc1cc(/C=C/N(C)C)c([N+](=O)[O-])cc1[N+](=O)[O-].CCc1cc2cc[nH]c2cc1N.COC(OC)N(C)C.Cc1cccc(C(=O)O)c1.O=C=O.O=C=O.[2H]CF.[HH]. The lowest BCUT2D eigenvalue weighted by molar-refractivity contribution is -0.394. The number of nitrogen functional groups attached to an aromatic ring is 1. The van der Waals surface area contributed by atoms with Gasteiger partial charge in [0.15, 0.2) is 0 Å². The first-order valence-corrected chi connectivity index (χ1v) is 21.3. The number of nitrogens with one attached hydrogen (secondary N) is 1. The van der Waals surface area contributed by atoms with E-state index in [2.05, 4.69) is 28.8 Å². The molecule has 1 aromatic heterocycles. The maximum atomic E-state index is 11.5. The Morgan fingerprint density at radius 3 is 1.64 bits per heavy atom. The molecule has 0 fully saturated rings. The number of carboxylic acid groups (broad SMARTS) is 1. The molecule has 0 unspecified atom stereocenters. The van der Waals surface area contributed by atoms with Crippen LogP contribution >= 0.6 is 0 Å². The molecule has 0 spiro atoms. The van der Waals surface area contributed by atoms with E-state index in [0.29, 0.717) is 23.1 Å². The Labute approximate surface area is 455 Å². The molecule has 0 saturated heterocycles. The van der Waals surface area contributed by atoms with E-state index in [4.69, 9.17) is 40.9 Å². The summed E-state index contributed by atoms with van der Waals surface area (Å²) in [6.07, 6.45) is 6.89. The molecule has 0 saturated carbocycles. The second-order valence-corrected chi connectivity index (χ2v) is 14.6. The molecule has 26 nitrogen and oxygen atoms in total. The van der Waals surface area contributed by atoms with Gasteiger partial charge in [0.1, 0.15) is 5.56 Å². The first-order valence-electron chi connectivity index (χ1n) is 22.0. The molecule has 1 heterocycles. The predicted molar refractivity (Wildman–Crippen MR) is 293 cm³/mol. The van der Waals surface area contributed by atoms with Gasteiger partial charge < -0.3 is 34.9 Å². The average molecular weight is 1110 g/mol. The van der Waals surface area contributed by atoms with Crippen molar-refractivity contribution in [1.82, 2.24) is 14.8 Å². The molecule has 0 aliphatic rings. The standard InChI is InChI=1S/C12H15N3O4.C10H10N2O6.C10H12N2.C8H8O2.C5H13NO2.CH3F.2CO2.3CH4.H2/c1-4-9-7-10(5-6-13(2)3)12(15(18)19)8-11(9)14(16)17;1-3-18-10(13)7-4-6(2)8(11(14)15)5-9(7)12(16)17;1-2-7-5-8-3-4-12-10(8)6-9(7)11;1-6-3-2-4-7(5-6)8(9)10;1-6(2)5(7-3)8-4;1-2;2*2-1-3;;;;/h5-8H,4H2,1-3H3;4-5H,3H2,1-2H3;3-6,12H,2,11H2,1H3;2-5H,1H3,(H,9,10);5H,1-4H3;1H3;;;3*1H4;1H/b6-5+;;;;;;;;;;;/i;;;;;1D;;;;;;. The van der Waals surface area contributed by atoms with Gasteiger partial charge >= 0.3 is 24.2 Å². The van der Waals surface area contributed by atoms with E-state index < -0.39 is 50.2 Å². The van der Waals surface area contributed by atoms with Crippen LogP contribution in [0.1, 0.15) is 94.4 Å². The summed E-state index contributed by atoms with van der Waals surface area (Å²) < 4.78 is 29.9. The number of halogens is 1. The van der Waals surface area contributed by atoms with Gasteiger partial charge in [0, 0.05) is 58.3 Å². The van der Waals surface area contributed by atoms with E-state index in [1.165, 1.54) is 23.9 Å². The summed E-state index contributed by atoms with van der Waals surface area (Å²) in [6, 6.07) is 17.4. The van der Waals surface area contributed by atoms with Crippen molar-refractivity contribution in [2.45, 2.75) is 76.2 Å². The second kappa shape index (κ2) is 44.2. The van der Waals surface area contributed by atoms with Crippen LogP contribution in [0.15, 0.2) is 79.1 Å². The number of nitrogens with two attached hydrogens (primary N) is 1. The van der Waals surface area contributed by atoms with Crippen LogP contribution in [-0.2, 0) is 46.2 Å². The van der Waals surface area contributed by atoms with E-state index in [0.717, 1.165) is 41.4 Å². The Kier molecular flexibility index (Phi) is 44.1. The number of hydrogen-bond acceptors (Lipinski definition) is 20. The molecule has 4 aromatic carbocycles. The summed E-state index contributed by atoms with van der Waals surface area (Å²) >= 11 is 0. The van der Waals surface area contributed by atoms with E-state index in [9.17, 15) is 54.4 Å². The summed E-state index contributed by atoms with van der Waals surface area (Å²) in [7, 11) is 9.56. The van der Waals surface area contributed by atoms with Gasteiger partial charge in [0.25, 0.3) is 22.7 Å². The zero-order valence-corrected chi connectivity index (χ0v) is 43.0. The molecule has 78 heavy (non-hydrogen) atoms. The third-order valence-corrected chi connectivity index (χ3v) is 9.04. The topological polar surface area (TPSA) is 371 Å². The molecule has 0 atom stereocenters. The number of esters is 1. The maximum absolute atomic E-state index is 11.5. The van der Waals surface area contributed by atoms with Gasteiger partial charge in [-0.2, -0.15) is 19.2 Å². The second-order valence-electron chi connectivity index (χ2n) is 14.6. The minimum atomic E-state index is -1.00. The number of carboxylic acids is 1. The maximum Gasteiger partial charge on any atom is 0.373 e. The Balaban J connectivity index is -0.000000162. The fraction of sp³-hybridized carbons (Fsp3) is 0.373. The van der Waals surface area contributed by atoms with Crippen LogP contribution < -0.4 is 5.73 Å². The van der Waals surface area contributed by atoms with E-state index >= 15 is 0 Å². The number of aromatic amines is 1. The first kappa shape index (κ1) is 77.8. The van der Waals surface area contributed by atoms with Crippen molar-refractivity contribution in [3.05, 3.63) is 159 Å². The number of benzene rings is 4. The number of ether oxygens (including phenoxy) is 3. The number of aromatic carboxylic acids is 1. The highest BCUT2D eigenvalue weighted by Gasteiger charge is 2.27. The number of hydrogen-bond donors (Lipinski definition) is 3. The van der Waals surface area contributed by atoms with E-state index in [1.807, 2.05) is 44.2 Å². The molecule has 4 N–H and O–H groups in total. The van der Waals surface area contributed by atoms with Crippen molar-refractivity contribution >= 4 is 69.7 Å². The average Bonchev–Trinajstić information content (AvgIpc) is 3.81. The number of rotatable bonds is 14. The number of nitro benzene ring substituents is 4. The number of carbonyl (C=O) groups excluding carboxylic acids is 5. The van der Waals surface area contributed by atoms with Crippen LogP contribution in [0.5, 0.6) is 0 Å². The molecule has 0 amide bonds. The number of anilines is 1. The highest BCUT2D eigenvalue weighted by molar-refractivity contribution is 5.95. The van der Waals surface area contributed by atoms with Gasteiger partial charge in [0.05, 0.1) is 58.1 Å². The number of H-pyrrole nitrogens is 1. The van der Waals surface area contributed by atoms with Crippen LogP contribution in [0, 0.1) is 54.3 Å². The third-order valence-electron chi connectivity index (χ3n) is 9.04. The van der Waals surface area contributed by atoms with E-state index in [-0.39, 0.29) is 71.5 Å². The smallest absolute Gasteiger partial charge is 0.373 e. The zero-order chi connectivity index (χ0) is 59.2. The summed E-state index contributed by atoms with van der Waals surface area (Å²) in [6.45, 7) is 8.77. The summed E-state index contributed by atoms with van der Waals surface area (Å²) in [4.78, 5) is 102. The number of aromatic nitrogens is 1. The molecule has 0 aliphatic heterocycles. The number of methoxy groups -OCH3 is 2. The minimum absolute atomic E-state index is 0. The van der Waals surface area contributed by atoms with Gasteiger partial charge in [-0.1, -0.05) is 53.8 Å². The van der Waals surface area contributed by atoms with Crippen molar-refractivity contribution in [3.8, 4) is 0 Å². The summed E-state index contributed by atoms with van der Waals surface area (Å²) in [5.74, 6) is -1.74. The lowest BCUT2D eigenvalue weighted by Crippen LogP contribution is -2.30. The highest BCUT2D eigenvalue weighted by atomic mass is 19.1. The van der Waals surface area contributed by atoms with Gasteiger partial charge in [0.2, 0.25) is 6.41 Å². The highest BCUT2D eigenvalue weighted by Crippen LogP contribution is 2.31. The zero-order valence-electron chi connectivity index (χ0n) is 44.0. The summed E-state index contributed by atoms with van der Waals surface area (Å²) in [5, 5.41) is 53.1. The number of alkyl halides is 1.